The minimum absolute atomic E-state index is 0.0191. The molecule has 0 saturated heterocycles. The van der Waals surface area contributed by atoms with Crippen molar-refractivity contribution < 1.29 is 13.9 Å². The molecule has 0 bridgehead atoms. The lowest BCUT2D eigenvalue weighted by molar-refractivity contribution is 0.306. The summed E-state index contributed by atoms with van der Waals surface area (Å²) in [6.07, 6.45) is 0.555. The van der Waals surface area contributed by atoms with Crippen LogP contribution in [0.25, 0.3) is 0 Å². The molecule has 104 valence electrons. The van der Waals surface area contributed by atoms with Crippen molar-refractivity contribution in [3.8, 4) is 0 Å². The number of aliphatic hydroxyl groups is 1. The zero-order valence-corrected chi connectivity index (χ0v) is 11.3. The first-order chi connectivity index (χ1) is 8.62. The molecule has 1 rings (SSSR count). The second-order valence-corrected chi connectivity index (χ2v) is 3.07. The predicted molar refractivity (Wildman–Crippen MR) is 74.5 cm³/mol. The van der Waals surface area contributed by atoms with E-state index < -0.39 is 11.6 Å². The fourth-order valence-corrected chi connectivity index (χ4v) is 1.11. The second-order valence-electron chi connectivity index (χ2n) is 3.07. The van der Waals surface area contributed by atoms with Gasteiger partial charge in [0.25, 0.3) is 0 Å². The fraction of sp³-hybridized carbons (Fsp3) is 0.417. The predicted octanol–water partition coefficient (Wildman–Crippen LogP) is 1.54. The summed E-state index contributed by atoms with van der Waals surface area (Å²) in [7, 11) is 0. The first-order valence-corrected chi connectivity index (χ1v) is 5.95. The first kappa shape index (κ1) is 19.4. The van der Waals surface area contributed by atoms with Crippen LogP contribution < -0.4 is 11.5 Å². The summed E-state index contributed by atoms with van der Waals surface area (Å²) in [5.74, 6) is 1.77. The molecule has 0 heterocycles. The van der Waals surface area contributed by atoms with Gasteiger partial charge in [-0.1, -0.05) is 25.2 Å². The van der Waals surface area contributed by atoms with Gasteiger partial charge in [0.1, 0.15) is 11.6 Å². The molecular weight excluding hydrogens is 258 g/mol. The van der Waals surface area contributed by atoms with Crippen molar-refractivity contribution in [2.45, 2.75) is 19.9 Å². The van der Waals surface area contributed by atoms with Crippen LogP contribution in [-0.2, 0) is 13.0 Å². The Morgan fingerprint density at radius 3 is 2.11 bits per heavy atom. The monoisotopic (exact) mass is 278 g/mol. The van der Waals surface area contributed by atoms with Crippen molar-refractivity contribution in [3.63, 3.8) is 0 Å². The molecule has 6 heteroatoms. The molecule has 3 nitrogen and oxygen atoms in total. The van der Waals surface area contributed by atoms with E-state index in [1.165, 1.54) is 12.1 Å². The Morgan fingerprint density at radius 1 is 1.28 bits per heavy atom. The van der Waals surface area contributed by atoms with Crippen molar-refractivity contribution in [2.75, 3.05) is 13.2 Å². The summed E-state index contributed by atoms with van der Waals surface area (Å²) in [5, 5.41) is 7.75. The Labute approximate surface area is 112 Å². The van der Waals surface area contributed by atoms with Crippen molar-refractivity contribution in [3.05, 3.63) is 34.9 Å². The smallest absolute Gasteiger partial charge is 0.133 e. The van der Waals surface area contributed by atoms with Crippen LogP contribution in [0.2, 0.25) is 0 Å². The average molecular weight is 278 g/mol. The molecule has 0 amide bonds. The second kappa shape index (κ2) is 12.5. The summed E-state index contributed by atoms with van der Waals surface area (Å²) in [6.45, 7) is 2.20. The molecule has 1 aromatic rings. The van der Waals surface area contributed by atoms with Gasteiger partial charge in [0.2, 0.25) is 0 Å². The molecule has 1 aromatic carbocycles. The molecular formula is C12H20F2N2OS. The van der Waals surface area contributed by atoms with E-state index in [0.717, 1.165) is 0 Å². The molecule has 0 saturated carbocycles. The van der Waals surface area contributed by atoms with Crippen molar-refractivity contribution in [1.82, 2.24) is 0 Å². The summed E-state index contributed by atoms with van der Waals surface area (Å²) in [4.78, 5) is 0. The number of hydrogen-bond acceptors (Lipinski definition) is 4. The minimum atomic E-state index is -0.563. The third kappa shape index (κ3) is 6.70. The zero-order valence-electron chi connectivity index (χ0n) is 10.5. The van der Waals surface area contributed by atoms with Gasteiger partial charge in [-0.2, -0.15) is 0 Å². The Balaban J connectivity index is 0. The number of nitrogens with two attached hydrogens (primary N) is 2. The molecule has 0 aliphatic rings. The van der Waals surface area contributed by atoms with Crippen LogP contribution >= 0.6 is 12.2 Å². The van der Waals surface area contributed by atoms with Gasteiger partial charge in [-0.15, -0.1) is 0 Å². The first-order valence-electron chi connectivity index (χ1n) is 5.37. The minimum Gasteiger partial charge on any atom is -0.395 e. The molecule has 0 fully saturated rings. The summed E-state index contributed by atoms with van der Waals surface area (Å²) >= 11 is 3.83. The van der Waals surface area contributed by atoms with E-state index >= 15 is 0 Å². The van der Waals surface area contributed by atoms with Crippen LogP contribution in [-0.4, -0.2) is 24.1 Å². The van der Waals surface area contributed by atoms with E-state index in [9.17, 15) is 8.78 Å². The summed E-state index contributed by atoms with van der Waals surface area (Å²) < 4.78 is 26.1. The van der Waals surface area contributed by atoms with E-state index in [-0.39, 0.29) is 18.7 Å². The number of aliphatic hydroxyl groups excluding tert-OH is 1. The van der Waals surface area contributed by atoms with Gasteiger partial charge in [-0.3, -0.25) is 0 Å². The van der Waals surface area contributed by atoms with Gasteiger partial charge >= 0.3 is 0 Å². The average Bonchev–Trinajstić information content (AvgIpc) is 2.42. The van der Waals surface area contributed by atoms with Crippen LogP contribution in [0.15, 0.2) is 12.1 Å². The number of benzene rings is 1. The summed E-state index contributed by atoms with van der Waals surface area (Å²) in [6, 6.07) is 2.70. The maximum Gasteiger partial charge on any atom is 0.133 e. The van der Waals surface area contributed by atoms with Gasteiger partial charge in [0.05, 0.1) is 6.61 Å². The number of thiocarbonyl (C=S) groups is 1. The lowest BCUT2D eigenvalue weighted by atomic mass is 10.1. The largest absolute Gasteiger partial charge is 0.395 e. The number of aryl methyl sites for hydroxylation is 1. The third-order valence-electron chi connectivity index (χ3n) is 1.98. The molecule has 0 spiro atoms. The summed E-state index contributed by atoms with van der Waals surface area (Å²) in [5.41, 5.74) is 10.5. The Morgan fingerprint density at radius 2 is 1.78 bits per heavy atom. The highest BCUT2D eigenvalue weighted by Gasteiger charge is 2.10. The lowest BCUT2D eigenvalue weighted by Crippen LogP contribution is -2.05. The van der Waals surface area contributed by atoms with Gasteiger partial charge < -0.3 is 16.6 Å². The Hall–Kier alpha value is -0.950. The maximum absolute atomic E-state index is 13.2. The van der Waals surface area contributed by atoms with Gasteiger partial charge in [0, 0.05) is 18.7 Å². The molecule has 0 unspecified atom stereocenters. The van der Waals surface area contributed by atoms with Gasteiger partial charge in [-0.25, -0.2) is 8.78 Å². The highest BCUT2D eigenvalue weighted by Crippen LogP contribution is 2.16. The number of hydrogen-bond donors (Lipinski definition) is 3. The Bertz CT molecular complexity index is 336. The van der Waals surface area contributed by atoms with Crippen LogP contribution in [0.5, 0.6) is 0 Å². The van der Waals surface area contributed by atoms with Crippen LogP contribution in [0.1, 0.15) is 18.1 Å². The maximum atomic E-state index is 13.2. The highest BCUT2D eigenvalue weighted by atomic mass is 32.1. The van der Waals surface area contributed by atoms with Crippen molar-refractivity contribution in [1.29, 1.82) is 0 Å². The quantitative estimate of drug-likeness (QED) is 0.733. The normalized spacial score (nSPS) is 8.78. The molecule has 0 aliphatic carbocycles. The molecule has 0 aromatic heterocycles. The van der Waals surface area contributed by atoms with Crippen LogP contribution in [0.3, 0.4) is 0 Å². The number of rotatable bonds is 3. The SMILES string of the molecule is C=S.CCc1ccc(F)c(CN)c1F.NCCO. The molecule has 0 atom stereocenters. The number of halogens is 2. The van der Waals surface area contributed by atoms with E-state index in [0.29, 0.717) is 18.5 Å². The standard InChI is InChI=1S/C9H11F2N.C2H7NO.CH2S/c1-2-6-3-4-8(10)7(5-12)9(6)11;3-1-2-4;1-2/h3-4H,2,5,12H2,1H3;4H,1-3H2;1H2. The fourth-order valence-electron chi connectivity index (χ4n) is 1.11. The topological polar surface area (TPSA) is 72.3 Å². The third-order valence-corrected chi connectivity index (χ3v) is 1.98. The van der Waals surface area contributed by atoms with Crippen LogP contribution in [0, 0.1) is 11.6 Å². The van der Waals surface area contributed by atoms with Crippen molar-refractivity contribution >= 4 is 18.1 Å². The van der Waals surface area contributed by atoms with Crippen LogP contribution in [0.4, 0.5) is 8.78 Å². The van der Waals surface area contributed by atoms with E-state index in [1.807, 2.05) is 6.92 Å². The molecule has 5 N–H and O–H groups in total. The Kier molecular flexibility index (Phi) is 13.5. The zero-order chi connectivity index (χ0) is 14.6. The van der Waals surface area contributed by atoms with Gasteiger partial charge in [0.15, 0.2) is 0 Å². The van der Waals surface area contributed by atoms with E-state index in [4.69, 9.17) is 16.6 Å². The van der Waals surface area contributed by atoms with E-state index in [1.54, 1.807) is 0 Å². The highest BCUT2D eigenvalue weighted by molar-refractivity contribution is 7.77. The van der Waals surface area contributed by atoms with Gasteiger partial charge in [-0.05, 0) is 23.9 Å². The van der Waals surface area contributed by atoms with Crippen molar-refractivity contribution in [2.24, 2.45) is 11.5 Å². The van der Waals surface area contributed by atoms with E-state index in [2.05, 4.69) is 18.1 Å². The molecule has 18 heavy (non-hydrogen) atoms. The molecule has 0 aliphatic heterocycles. The lowest BCUT2D eigenvalue weighted by Gasteiger charge is -2.05. The molecule has 0 radical (unpaired) electrons.